The summed E-state index contributed by atoms with van der Waals surface area (Å²) in [5, 5.41) is 19.7. The Morgan fingerprint density at radius 2 is 1.78 bits per heavy atom. The molecule has 2 atom stereocenters. The number of hydrogen-bond acceptors (Lipinski definition) is 6. The minimum absolute atomic E-state index is 0.0947. The van der Waals surface area contributed by atoms with Crippen molar-refractivity contribution in [3.8, 4) is 11.1 Å². The summed E-state index contributed by atoms with van der Waals surface area (Å²) in [5.41, 5.74) is 2.94. The van der Waals surface area contributed by atoms with E-state index in [2.05, 4.69) is 9.97 Å². The van der Waals surface area contributed by atoms with Crippen LogP contribution in [0.5, 0.6) is 0 Å². The molecule has 12 heteroatoms. The maximum Gasteiger partial charge on any atom is 0.424 e. The Kier molecular flexibility index (Phi) is 11.2. The third-order valence-corrected chi connectivity index (χ3v) is 5.80. The first-order valence-corrected chi connectivity index (χ1v) is 11.5. The molecule has 0 amide bonds. The van der Waals surface area contributed by atoms with Gasteiger partial charge in [0.25, 0.3) is 0 Å². The van der Waals surface area contributed by atoms with Gasteiger partial charge in [0.15, 0.2) is 5.82 Å². The number of halogens is 5. The number of aliphatic hydroxyl groups is 1. The summed E-state index contributed by atoms with van der Waals surface area (Å²) in [6, 6.07) is 3.54. The molecular formula is C20H24Cl2F3N3O3S. The smallest absolute Gasteiger partial charge is 0.424 e. The van der Waals surface area contributed by atoms with E-state index in [1.165, 1.54) is 6.07 Å². The maximum absolute atomic E-state index is 13.6. The van der Waals surface area contributed by atoms with Gasteiger partial charge in [-0.05, 0) is 30.1 Å². The van der Waals surface area contributed by atoms with Gasteiger partial charge in [-0.1, -0.05) is 43.1 Å². The van der Waals surface area contributed by atoms with Crippen LogP contribution in [0.1, 0.15) is 32.5 Å². The number of hydrogen-bond donors (Lipinski definition) is 3. The van der Waals surface area contributed by atoms with Gasteiger partial charge in [0, 0.05) is 40.0 Å². The summed E-state index contributed by atoms with van der Waals surface area (Å²) >= 11 is 13.0. The molecule has 0 saturated carbocycles. The first-order valence-electron chi connectivity index (χ1n) is 9.59. The van der Waals surface area contributed by atoms with E-state index in [0.29, 0.717) is 16.1 Å². The van der Waals surface area contributed by atoms with Crippen LogP contribution in [0.3, 0.4) is 0 Å². The Morgan fingerprint density at radius 3 is 2.28 bits per heavy atom. The van der Waals surface area contributed by atoms with E-state index in [4.69, 9.17) is 34.0 Å². The molecule has 2 unspecified atom stereocenters. The molecule has 0 aliphatic rings. The predicted octanol–water partition coefficient (Wildman–Crippen LogP) is 5.15. The summed E-state index contributed by atoms with van der Waals surface area (Å²) in [6.07, 6.45) is -3.33. The van der Waals surface area contributed by atoms with Crippen LogP contribution in [-0.4, -0.2) is 49.9 Å². The fourth-order valence-electron chi connectivity index (χ4n) is 2.44. The van der Waals surface area contributed by atoms with Gasteiger partial charge in [-0.3, -0.25) is 4.79 Å². The fraction of sp³-hybridized carbons (Fsp3) is 0.450. The fourth-order valence-corrected chi connectivity index (χ4v) is 4.02. The lowest BCUT2D eigenvalue weighted by Gasteiger charge is -2.29. The van der Waals surface area contributed by atoms with Gasteiger partial charge in [-0.15, -0.1) is 0 Å². The highest BCUT2D eigenvalue weighted by Gasteiger charge is 2.56. The van der Waals surface area contributed by atoms with Gasteiger partial charge in [0.1, 0.15) is 6.04 Å². The second kappa shape index (κ2) is 12.6. The van der Waals surface area contributed by atoms with Crippen LogP contribution in [0.25, 0.3) is 11.1 Å². The van der Waals surface area contributed by atoms with E-state index in [1.54, 1.807) is 12.1 Å². The molecule has 0 spiro atoms. The molecule has 4 N–H and O–H groups in total. The molecule has 1 heterocycles. The monoisotopic (exact) mass is 513 g/mol. The van der Waals surface area contributed by atoms with Gasteiger partial charge in [0.05, 0.1) is 0 Å². The third kappa shape index (κ3) is 7.48. The first-order chi connectivity index (χ1) is 15.0. The van der Waals surface area contributed by atoms with Crippen LogP contribution >= 0.6 is 35.0 Å². The second-order valence-corrected chi connectivity index (χ2v) is 8.44. The van der Waals surface area contributed by atoms with E-state index in [0.717, 1.165) is 24.2 Å². The van der Waals surface area contributed by atoms with Crippen molar-refractivity contribution in [2.75, 3.05) is 11.5 Å². The number of carbonyl (C=O) groups is 1. The zero-order valence-corrected chi connectivity index (χ0v) is 19.7. The lowest BCUT2D eigenvalue weighted by molar-refractivity contribution is -0.270. The molecule has 0 fully saturated rings. The SMILES string of the molecule is CC.NC(CCSCCC(O)(c1ncc(-c2ccc(Cl)cc2Cl)cn1)C(F)(F)F)C(=O)O. The largest absolute Gasteiger partial charge is 0.480 e. The second-order valence-electron chi connectivity index (χ2n) is 6.37. The molecule has 0 radical (unpaired) electrons. The van der Waals surface area contributed by atoms with Gasteiger partial charge < -0.3 is 15.9 Å². The highest BCUT2D eigenvalue weighted by Crippen LogP contribution is 2.41. The number of thioether (sulfide) groups is 1. The van der Waals surface area contributed by atoms with E-state index < -0.39 is 36.0 Å². The molecule has 6 nitrogen and oxygen atoms in total. The number of carboxylic acid groups (broad SMARTS) is 1. The Hall–Kier alpha value is -1.59. The number of rotatable bonds is 9. The third-order valence-electron chi connectivity index (χ3n) is 4.23. The zero-order chi connectivity index (χ0) is 24.5. The maximum atomic E-state index is 13.6. The molecule has 1 aromatic carbocycles. The van der Waals surface area contributed by atoms with Gasteiger partial charge >= 0.3 is 12.1 Å². The van der Waals surface area contributed by atoms with Crippen molar-refractivity contribution < 1.29 is 28.2 Å². The van der Waals surface area contributed by atoms with Gasteiger partial charge in [-0.25, -0.2) is 9.97 Å². The number of benzene rings is 1. The predicted molar refractivity (Wildman–Crippen MR) is 121 cm³/mol. The van der Waals surface area contributed by atoms with Crippen molar-refractivity contribution in [2.24, 2.45) is 5.73 Å². The lowest BCUT2D eigenvalue weighted by atomic mass is 9.98. The average molecular weight is 514 g/mol. The minimum atomic E-state index is -5.01. The van der Waals surface area contributed by atoms with E-state index in [9.17, 15) is 23.1 Å². The van der Waals surface area contributed by atoms with Crippen LogP contribution in [0.2, 0.25) is 10.0 Å². The summed E-state index contributed by atoms with van der Waals surface area (Å²) < 4.78 is 40.8. The molecule has 0 aliphatic carbocycles. The highest BCUT2D eigenvalue weighted by molar-refractivity contribution is 7.99. The Morgan fingerprint density at radius 1 is 1.19 bits per heavy atom. The van der Waals surface area contributed by atoms with E-state index in [-0.39, 0.29) is 22.9 Å². The molecule has 0 aliphatic heterocycles. The Balaban J connectivity index is 0.00000249. The number of aliphatic carboxylic acids is 1. The van der Waals surface area contributed by atoms with Crippen LogP contribution in [-0.2, 0) is 10.4 Å². The number of carboxylic acids is 1. The van der Waals surface area contributed by atoms with Crippen LogP contribution < -0.4 is 5.73 Å². The Bertz CT molecular complexity index is 889. The van der Waals surface area contributed by atoms with Crippen molar-refractivity contribution in [3.05, 3.63) is 46.5 Å². The minimum Gasteiger partial charge on any atom is -0.480 e. The summed E-state index contributed by atoms with van der Waals surface area (Å²) in [4.78, 5) is 18.1. The highest BCUT2D eigenvalue weighted by atomic mass is 35.5. The molecular weight excluding hydrogens is 490 g/mol. The van der Waals surface area contributed by atoms with Gasteiger partial charge in [-0.2, -0.15) is 24.9 Å². The van der Waals surface area contributed by atoms with Crippen LogP contribution in [0, 0.1) is 0 Å². The van der Waals surface area contributed by atoms with E-state index in [1.807, 2.05) is 13.8 Å². The summed E-state index contributed by atoms with van der Waals surface area (Å²) in [6.45, 7) is 4.00. The number of nitrogens with zero attached hydrogens (tertiary/aromatic N) is 2. The van der Waals surface area contributed by atoms with Crippen molar-refractivity contribution in [3.63, 3.8) is 0 Å². The number of alkyl halides is 3. The molecule has 1 aromatic heterocycles. The lowest BCUT2D eigenvalue weighted by Crippen LogP contribution is -2.44. The van der Waals surface area contributed by atoms with Crippen molar-refractivity contribution in [2.45, 2.75) is 44.5 Å². The molecule has 178 valence electrons. The number of nitrogens with two attached hydrogens (primary N) is 1. The average Bonchev–Trinajstić information content (AvgIpc) is 2.74. The van der Waals surface area contributed by atoms with Crippen LogP contribution in [0.15, 0.2) is 30.6 Å². The molecule has 2 aromatic rings. The standard InChI is InChI=1S/C18H18Cl2F3N3O3S.C2H6/c19-11-1-2-12(13(20)7-11)10-8-25-16(26-9-10)17(29,18(21,22)23)4-6-30-5-3-14(24)15(27)28;1-2/h1-2,7-9,14,29H,3-6,24H2,(H,27,28);1-2H3. The Labute approximate surface area is 198 Å². The molecule has 2 rings (SSSR count). The first kappa shape index (κ1) is 28.4. The zero-order valence-electron chi connectivity index (χ0n) is 17.4. The molecule has 0 saturated heterocycles. The summed E-state index contributed by atoms with van der Waals surface area (Å²) in [7, 11) is 0. The van der Waals surface area contributed by atoms with Crippen molar-refractivity contribution in [1.29, 1.82) is 0 Å². The van der Waals surface area contributed by atoms with Crippen molar-refractivity contribution in [1.82, 2.24) is 9.97 Å². The normalized spacial score (nSPS) is 14.2. The molecule has 32 heavy (non-hydrogen) atoms. The van der Waals surface area contributed by atoms with Crippen LogP contribution in [0.4, 0.5) is 13.2 Å². The van der Waals surface area contributed by atoms with E-state index >= 15 is 0 Å². The molecule has 0 bridgehead atoms. The topological polar surface area (TPSA) is 109 Å². The number of aromatic nitrogens is 2. The van der Waals surface area contributed by atoms with Crippen molar-refractivity contribution >= 4 is 40.9 Å². The summed E-state index contributed by atoms with van der Waals surface area (Å²) in [5.74, 6) is -1.84. The van der Waals surface area contributed by atoms with Gasteiger partial charge in [0.2, 0.25) is 5.60 Å². The quantitative estimate of drug-likeness (QED) is 0.397.